The van der Waals surface area contributed by atoms with Crippen molar-refractivity contribution >= 4 is 5.91 Å². The number of benzene rings is 1. The van der Waals surface area contributed by atoms with Crippen molar-refractivity contribution in [3.8, 4) is 0 Å². The minimum absolute atomic E-state index is 0.0135. The van der Waals surface area contributed by atoms with Crippen LogP contribution >= 0.6 is 0 Å². The molecule has 1 aliphatic heterocycles. The Morgan fingerprint density at radius 2 is 2.10 bits per heavy atom. The number of nitrogens with two attached hydrogens (primary N) is 1. The maximum absolute atomic E-state index is 12.3. The van der Waals surface area contributed by atoms with Gasteiger partial charge >= 0.3 is 0 Å². The zero-order chi connectivity index (χ0) is 15.2. The highest BCUT2D eigenvalue weighted by molar-refractivity contribution is 5.81. The molecule has 5 heteroatoms. The van der Waals surface area contributed by atoms with Crippen molar-refractivity contribution in [2.75, 3.05) is 32.8 Å². The standard InChI is InChI=1S/C16H25N3O2/c1-13(17)16(21)19-8-7-18(9-10-20)12-15(19)11-14-5-3-2-4-6-14/h2-6,13,15,20H,7-12,17H2,1H3/t13-,15-/m1/s1. The molecule has 0 saturated carbocycles. The van der Waals surface area contributed by atoms with Crippen LogP contribution in [0.2, 0.25) is 0 Å². The van der Waals surface area contributed by atoms with E-state index in [0.717, 1.165) is 19.5 Å². The number of hydrogen-bond acceptors (Lipinski definition) is 4. The Kier molecular flexibility index (Phi) is 5.73. The molecule has 0 unspecified atom stereocenters. The van der Waals surface area contributed by atoms with E-state index in [9.17, 15) is 4.79 Å². The van der Waals surface area contributed by atoms with Gasteiger partial charge in [-0.05, 0) is 18.9 Å². The number of hydrogen-bond donors (Lipinski definition) is 2. The molecule has 1 fully saturated rings. The van der Waals surface area contributed by atoms with E-state index in [2.05, 4.69) is 17.0 Å². The van der Waals surface area contributed by atoms with Crippen LogP contribution in [0.4, 0.5) is 0 Å². The minimum atomic E-state index is -0.465. The summed E-state index contributed by atoms with van der Waals surface area (Å²) in [7, 11) is 0. The van der Waals surface area contributed by atoms with Gasteiger partial charge in [0.1, 0.15) is 0 Å². The van der Waals surface area contributed by atoms with Crippen molar-refractivity contribution in [3.63, 3.8) is 0 Å². The topological polar surface area (TPSA) is 69.8 Å². The summed E-state index contributed by atoms with van der Waals surface area (Å²) in [6.07, 6.45) is 0.821. The summed E-state index contributed by atoms with van der Waals surface area (Å²) in [6, 6.07) is 9.84. The lowest BCUT2D eigenvalue weighted by Crippen LogP contribution is -2.59. The average molecular weight is 291 g/mol. The molecule has 3 N–H and O–H groups in total. The summed E-state index contributed by atoms with van der Waals surface area (Å²) in [4.78, 5) is 16.4. The molecule has 21 heavy (non-hydrogen) atoms. The number of nitrogens with zero attached hydrogens (tertiary/aromatic N) is 2. The Morgan fingerprint density at radius 3 is 2.71 bits per heavy atom. The predicted octanol–water partition coefficient (Wildman–Crippen LogP) is 0.0814. The molecule has 1 saturated heterocycles. The molecule has 2 atom stereocenters. The van der Waals surface area contributed by atoms with Gasteiger partial charge in [0.05, 0.1) is 12.6 Å². The normalized spacial score (nSPS) is 21.3. The van der Waals surface area contributed by atoms with Crippen molar-refractivity contribution in [2.24, 2.45) is 5.73 Å². The Labute approximate surface area is 126 Å². The summed E-state index contributed by atoms with van der Waals surface area (Å²) < 4.78 is 0. The van der Waals surface area contributed by atoms with Gasteiger partial charge in [-0.3, -0.25) is 9.69 Å². The van der Waals surface area contributed by atoms with E-state index in [1.54, 1.807) is 6.92 Å². The molecule has 1 aromatic carbocycles. The molecular formula is C16H25N3O2. The number of rotatable bonds is 5. The molecule has 0 aliphatic carbocycles. The van der Waals surface area contributed by atoms with E-state index >= 15 is 0 Å². The molecule has 1 heterocycles. The molecule has 5 nitrogen and oxygen atoms in total. The maximum Gasteiger partial charge on any atom is 0.239 e. The molecule has 116 valence electrons. The van der Waals surface area contributed by atoms with Crippen LogP contribution in [0, 0.1) is 0 Å². The van der Waals surface area contributed by atoms with Gasteiger partial charge < -0.3 is 15.7 Å². The van der Waals surface area contributed by atoms with Gasteiger partial charge in [0.2, 0.25) is 5.91 Å². The summed E-state index contributed by atoms with van der Waals surface area (Å²) >= 11 is 0. The second-order valence-electron chi connectivity index (χ2n) is 5.69. The van der Waals surface area contributed by atoms with Crippen LogP contribution in [0.15, 0.2) is 30.3 Å². The molecular weight excluding hydrogens is 266 g/mol. The second-order valence-corrected chi connectivity index (χ2v) is 5.69. The molecule has 0 bridgehead atoms. The third-order valence-corrected chi connectivity index (χ3v) is 3.97. The van der Waals surface area contributed by atoms with E-state index < -0.39 is 6.04 Å². The molecule has 1 amide bonds. The molecule has 0 spiro atoms. The quantitative estimate of drug-likeness (QED) is 0.806. The molecule has 1 aromatic rings. The second kappa shape index (κ2) is 7.54. The lowest BCUT2D eigenvalue weighted by atomic mass is 10.0. The fourth-order valence-electron chi connectivity index (χ4n) is 2.88. The van der Waals surface area contributed by atoms with Gasteiger partial charge in [-0.2, -0.15) is 0 Å². The largest absolute Gasteiger partial charge is 0.395 e. The van der Waals surface area contributed by atoms with Crippen LogP contribution in [-0.4, -0.2) is 65.7 Å². The highest BCUT2D eigenvalue weighted by atomic mass is 16.3. The van der Waals surface area contributed by atoms with Crippen LogP contribution in [0.1, 0.15) is 12.5 Å². The smallest absolute Gasteiger partial charge is 0.239 e. The Balaban J connectivity index is 2.10. The first kappa shape index (κ1) is 15.9. The lowest BCUT2D eigenvalue weighted by molar-refractivity contribution is -0.137. The Hall–Kier alpha value is -1.43. The maximum atomic E-state index is 12.3. The molecule has 1 aliphatic rings. The molecule has 2 rings (SSSR count). The third kappa shape index (κ3) is 4.27. The summed E-state index contributed by atoms with van der Waals surface area (Å²) in [6.45, 7) is 4.81. The van der Waals surface area contributed by atoms with Crippen molar-refractivity contribution in [1.82, 2.24) is 9.80 Å². The average Bonchev–Trinajstić information content (AvgIpc) is 2.48. The van der Waals surface area contributed by atoms with Gasteiger partial charge in [-0.25, -0.2) is 0 Å². The van der Waals surface area contributed by atoms with Gasteiger partial charge in [0, 0.05) is 32.2 Å². The molecule has 0 radical (unpaired) electrons. The number of aliphatic hydroxyl groups excluding tert-OH is 1. The highest BCUT2D eigenvalue weighted by Crippen LogP contribution is 2.16. The van der Waals surface area contributed by atoms with E-state index in [4.69, 9.17) is 10.8 Å². The predicted molar refractivity (Wildman–Crippen MR) is 82.8 cm³/mol. The lowest BCUT2D eigenvalue weighted by Gasteiger charge is -2.42. The number of piperazine rings is 1. The zero-order valence-corrected chi connectivity index (χ0v) is 12.6. The summed E-state index contributed by atoms with van der Waals surface area (Å²) in [5, 5.41) is 9.12. The first-order valence-electron chi connectivity index (χ1n) is 7.55. The fraction of sp³-hybridized carbons (Fsp3) is 0.562. The van der Waals surface area contributed by atoms with Crippen molar-refractivity contribution < 1.29 is 9.90 Å². The van der Waals surface area contributed by atoms with Crippen LogP contribution in [0.3, 0.4) is 0 Å². The van der Waals surface area contributed by atoms with Crippen molar-refractivity contribution in [2.45, 2.75) is 25.4 Å². The number of amides is 1. The zero-order valence-electron chi connectivity index (χ0n) is 12.6. The third-order valence-electron chi connectivity index (χ3n) is 3.97. The number of carbonyl (C=O) groups is 1. The van der Waals surface area contributed by atoms with E-state index in [1.807, 2.05) is 23.1 Å². The van der Waals surface area contributed by atoms with Crippen LogP contribution in [0.25, 0.3) is 0 Å². The van der Waals surface area contributed by atoms with Crippen molar-refractivity contribution in [3.05, 3.63) is 35.9 Å². The Morgan fingerprint density at radius 1 is 1.38 bits per heavy atom. The first-order chi connectivity index (χ1) is 10.1. The Bertz CT molecular complexity index is 450. The van der Waals surface area contributed by atoms with E-state index in [-0.39, 0.29) is 18.6 Å². The number of aliphatic hydroxyl groups is 1. The number of carbonyl (C=O) groups excluding carboxylic acids is 1. The van der Waals surface area contributed by atoms with E-state index in [0.29, 0.717) is 13.1 Å². The first-order valence-corrected chi connectivity index (χ1v) is 7.55. The van der Waals surface area contributed by atoms with Crippen LogP contribution in [-0.2, 0) is 11.2 Å². The van der Waals surface area contributed by atoms with Gasteiger partial charge in [-0.1, -0.05) is 30.3 Å². The monoisotopic (exact) mass is 291 g/mol. The fourth-order valence-corrected chi connectivity index (χ4v) is 2.88. The van der Waals surface area contributed by atoms with Crippen LogP contribution in [0.5, 0.6) is 0 Å². The number of β-amino-alcohol motifs (C(OH)–C–C–N with tert-alkyl or cyclic N) is 1. The van der Waals surface area contributed by atoms with Gasteiger partial charge in [0.25, 0.3) is 0 Å². The van der Waals surface area contributed by atoms with Gasteiger partial charge in [0.15, 0.2) is 0 Å². The summed E-state index contributed by atoms with van der Waals surface area (Å²) in [5.74, 6) is 0.0135. The SMILES string of the molecule is C[C@@H](N)C(=O)N1CCN(CCO)C[C@H]1Cc1ccccc1. The van der Waals surface area contributed by atoms with E-state index in [1.165, 1.54) is 5.56 Å². The minimum Gasteiger partial charge on any atom is -0.395 e. The summed E-state index contributed by atoms with van der Waals surface area (Å²) in [5.41, 5.74) is 6.99. The van der Waals surface area contributed by atoms with Crippen molar-refractivity contribution in [1.29, 1.82) is 0 Å². The highest BCUT2D eigenvalue weighted by Gasteiger charge is 2.31. The van der Waals surface area contributed by atoms with Gasteiger partial charge in [-0.15, -0.1) is 0 Å². The van der Waals surface area contributed by atoms with Crippen LogP contribution < -0.4 is 5.73 Å². The molecule has 0 aromatic heterocycles.